The summed E-state index contributed by atoms with van der Waals surface area (Å²) in [4.78, 5) is 1.97. The fourth-order valence-corrected chi connectivity index (χ4v) is 5.41. The minimum absolute atomic E-state index is 0.0857. The molecule has 0 aliphatic carbocycles. The molecule has 10 heteroatoms. The summed E-state index contributed by atoms with van der Waals surface area (Å²) >= 11 is 0. The second-order valence-electron chi connectivity index (χ2n) is 7.23. The van der Waals surface area contributed by atoms with E-state index in [2.05, 4.69) is 20.6 Å². The second-order valence-corrected chi connectivity index (χ2v) is 9.46. The Bertz CT molecular complexity index is 1090. The number of benzene rings is 1. The summed E-state index contributed by atoms with van der Waals surface area (Å²) in [7, 11) is -1.03. The standard InChI is InChI=1S/C18H23N7O2S/c1-13-17(14(2)24(20-13)16-9-10-28(26,27)12-16)11-23(3)18-19-21-22-25(18)15-7-5-4-6-8-15/h4-8,16H,9-12H2,1-3H3/t16-/m1/s1. The molecule has 1 saturated heterocycles. The molecular weight excluding hydrogens is 378 g/mol. The SMILES string of the molecule is Cc1nn([C@@H]2CCS(=O)(=O)C2)c(C)c1CN(C)c1nnnn1-c1ccccc1. The molecule has 0 saturated carbocycles. The Morgan fingerprint density at radius 3 is 2.64 bits per heavy atom. The van der Waals surface area contributed by atoms with Crippen molar-refractivity contribution in [2.24, 2.45) is 0 Å². The van der Waals surface area contributed by atoms with Gasteiger partial charge in [0.2, 0.25) is 5.95 Å². The predicted octanol–water partition coefficient (Wildman–Crippen LogP) is 1.47. The largest absolute Gasteiger partial charge is 0.338 e. The second kappa shape index (κ2) is 7.01. The maximum absolute atomic E-state index is 11.8. The van der Waals surface area contributed by atoms with E-state index in [1.54, 1.807) is 4.68 Å². The lowest BCUT2D eigenvalue weighted by atomic mass is 10.2. The van der Waals surface area contributed by atoms with Crippen LogP contribution in [-0.4, -0.2) is 57.0 Å². The van der Waals surface area contributed by atoms with Gasteiger partial charge in [-0.25, -0.2) is 8.42 Å². The predicted molar refractivity (Wildman–Crippen MR) is 105 cm³/mol. The monoisotopic (exact) mass is 401 g/mol. The van der Waals surface area contributed by atoms with Crippen molar-refractivity contribution >= 4 is 15.8 Å². The van der Waals surface area contributed by atoms with Gasteiger partial charge in [0.15, 0.2) is 9.84 Å². The van der Waals surface area contributed by atoms with Gasteiger partial charge in [0.1, 0.15) is 0 Å². The van der Waals surface area contributed by atoms with Crippen molar-refractivity contribution in [1.29, 1.82) is 0 Å². The molecule has 1 aliphatic rings. The summed E-state index contributed by atoms with van der Waals surface area (Å²) in [5, 5.41) is 16.7. The van der Waals surface area contributed by atoms with Crippen LogP contribution in [-0.2, 0) is 16.4 Å². The summed E-state index contributed by atoms with van der Waals surface area (Å²) in [6.07, 6.45) is 0.617. The van der Waals surface area contributed by atoms with Crippen molar-refractivity contribution < 1.29 is 8.42 Å². The maximum atomic E-state index is 11.8. The van der Waals surface area contributed by atoms with E-state index in [1.807, 2.05) is 60.8 Å². The first-order valence-electron chi connectivity index (χ1n) is 9.15. The Morgan fingerprint density at radius 1 is 1.21 bits per heavy atom. The molecular formula is C18H23N7O2S. The van der Waals surface area contributed by atoms with E-state index in [0.717, 1.165) is 22.6 Å². The molecule has 1 atom stereocenters. The highest BCUT2D eigenvalue weighted by Crippen LogP contribution is 2.28. The van der Waals surface area contributed by atoms with Crippen LogP contribution in [0.5, 0.6) is 0 Å². The van der Waals surface area contributed by atoms with Crippen LogP contribution in [0.25, 0.3) is 5.69 Å². The van der Waals surface area contributed by atoms with E-state index in [9.17, 15) is 8.42 Å². The average molecular weight is 401 g/mol. The maximum Gasteiger partial charge on any atom is 0.250 e. The lowest BCUT2D eigenvalue weighted by Gasteiger charge is -2.18. The Kier molecular flexibility index (Phi) is 4.66. The van der Waals surface area contributed by atoms with Crippen LogP contribution in [0.4, 0.5) is 5.95 Å². The number of aromatic nitrogens is 6. The third-order valence-corrected chi connectivity index (χ3v) is 6.97. The average Bonchev–Trinajstić information content (AvgIpc) is 3.36. The van der Waals surface area contributed by atoms with Gasteiger partial charge < -0.3 is 4.90 Å². The molecule has 1 aromatic carbocycles. The van der Waals surface area contributed by atoms with Crippen molar-refractivity contribution in [2.75, 3.05) is 23.5 Å². The number of tetrazole rings is 1. The van der Waals surface area contributed by atoms with Crippen molar-refractivity contribution in [1.82, 2.24) is 30.0 Å². The van der Waals surface area contributed by atoms with E-state index in [1.165, 1.54) is 0 Å². The number of para-hydroxylation sites is 1. The zero-order valence-electron chi connectivity index (χ0n) is 16.1. The molecule has 3 heterocycles. The lowest BCUT2D eigenvalue weighted by molar-refractivity contribution is 0.485. The highest BCUT2D eigenvalue weighted by Gasteiger charge is 2.31. The number of hydrogen-bond acceptors (Lipinski definition) is 7. The topological polar surface area (TPSA) is 98.8 Å². The summed E-state index contributed by atoms with van der Waals surface area (Å²) in [5.41, 5.74) is 3.83. The smallest absolute Gasteiger partial charge is 0.250 e. The summed E-state index contributed by atoms with van der Waals surface area (Å²) in [6.45, 7) is 4.52. The third-order valence-electron chi connectivity index (χ3n) is 5.22. The van der Waals surface area contributed by atoms with Gasteiger partial charge in [-0.2, -0.15) is 9.78 Å². The number of sulfone groups is 1. The molecule has 2 aromatic heterocycles. The minimum atomic E-state index is -2.96. The van der Waals surface area contributed by atoms with Crippen LogP contribution in [0.1, 0.15) is 29.4 Å². The normalized spacial score (nSPS) is 18.5. The van der Waals surface area contributed by atoms with E-state index in [-0.39, 0.29) is 17.5 Å². The quantitative estimate of drug-likeness (QED) is 0.638. The van der Waals surface area contributed by atoms with Gasteiger partial charge >= 0.3 is 0 Å². The fourth-order valence-electron chi connectivity index (χ4n) is 3.71. The molecule has 0 unspecified atom stereocenters. The number of hydrogen-bond donors (Lipinski definition) is 0. The highest BCUT2D eigenvalue weighted by atomic mass is 32.2. The molecule has 4 rings (SSSR count). The Morgan fingerprint density at radius 2 is 1.96 bits per heavy atom. The highest BCUT2D eigenvalue weighted by molar-refractivity contribution is 7.91. The lowest BCUT2D eigenvalue weighted by Crippen LogP contribution is -2.22. The fraction of sp³-hybridized carbons (Fsp3) is 0.444. The first-order valence-corrected chi connectivity index (χ1v) is 11.0. The zero-order chi connectivity index (χ0) is 19.9. The van der Waals surface area contributed by atoms with Crippen molar-refractivity contribution in [2.45, 2.75) is 32.9 Å². The van der Waals surface area contributed by atoms with Crippen molar-refractivity contribution in [3.63, 3.8) is 0 Å². The molecule has 0 spiro atoms. The summed E-state index contributed by atoms with van der Waals surface area (Å²) < 4.78 is 27.3. The summed E-state index contributed by atoms with van der Waals surface area (Å²) in [5.74, 6) is 1.02. The Balaban J connectivity index is 1.60. The van der Waals surface area contributed by atoms with Gasteiger partial charge in [0.25, 0.3) is 0 Å². The zero-order valence-corrected chi connectivity index (χ0v) is 17.0. The number of rotatable bonds is 5. The molecule has 0 amide bonds. The molecule has 0 radical (unpaired) electrons. The molecule has 0 bridgehead atoms. The number of anilines is 1. The van der Waals surface area contributed by atoms with Crippen LogP contribution in [0.3, 0.4) is 0 Å². The van der Waals surface area contributed by atoms with Gasteiger partial charge in [0, 0.05) is 24.8 Å². The van der Waals surface area contributed by atoms with Gasteiger partial charge in [0.05, 0.1) is 28.9 Å². The molecule has 3 aromatic rings. The van der Waals surface area contributed by atoms with Crippen molar-refractivity contribution in [3.05, 3.63) is 47.3 Å². The van der Waals surface area contributed by atoms with E-state index < -0.39 is 9.84 Å². The first kappa shape index (κ1) is 18.6. The molecule has 1 aliphatic heterocycles. The Labute approximate surface area is 163 Å². The van der Waals surface area contributed by atoms with Crippen LogP contribution in [0, 0.1) is 13.8 Å². The molecule has 28 heavy (non-hydrogen) atoms. The van der Waals surface area contributed by atoms with Gasteiger partial charge in [-0.15, -0.1) is 0 Å². The summed E-state index contributed by atoms with van der Waals surface area (Å²) in [6, 6.07) is 9.63. The molecule has 148 valence electrons. The van der Waals surface area contributed by atoms with Crippen LogP contribution in [0.15, 0.2) is 30.3 Å². The van der Waals surface area contributed by atoms with Crippen LogP contribution >= 0.6 is 0 Å². The van der Waals surface area contributed by atoms with E-state index in [4.69, 9.17) is 0 Å². The van der Waals surface area contributed by atoms with E-state index in [0.29, 0.717) is 18.9 Å². The molecule has 1 fully saturated rings. The number of nitrogens with zero attached hydrogens (tertiary/aromatic N) is 7. The van der Waals surface area contributed by atoms with Crippen LogP contribution in [0.2, 0.25) is 0 Å². The Hall–Kier alpha value is -2.75. The first-order chi connectivity index (χ1) is 13.4. The van der Waals surface area contributed by atoms with Crippen LogP contribution < -0.4 is 4.90 Å². The molecule has 9 nitrogen and oxygen atoms in total. The van der Waals surface area contributed by atoms with Gasteiger partial charge in [-0.05, 0) is 42.8 Å². The minimum Gasteiger partial charge on any atom is -0.338 e. The third kappa shape index (κ3) is 3.39. The molecule has 0 N–H and O–H groups in total. The van der Waals surface area contributed by atoms with E-state index >= 15 is 0 Å². The number of aryl methyl sites for hydroxylation is 1. The van der Waals surface area contributed by atoms with Crippen molar-refractivity contribution in [3.8, 4) is 5.69 Å². The van der Waals surface area contributed by atoms with Gasteiger partial charge in [-0.1, -0.05) is 23.3 Å². The van der Waals surface area contributed by atoms with Gasteiger partial charge in [-0.3, -0.25) is 4.68 Å².